The molecule has 0 aromatic rings. The predicted octanol–water partition coefficient (Wildman–Crippen LogP) is -0.338. The van der Waals surface area contributed by atoms with Gasteiger partial charge in [0.15, 0.2) is 13.2 Å². The zero-order valence-corrected chi connectivity index (χ0v) is 10.7. The SMILES string of the molecule is CC(CN1C(=O)COC1=S)N1C(=O)COC1=S. The van der Waals surface area contributed by atoms with E-state index in [1.54, 1.807) is 6.92 Å². The van der Waals surface area contributed by atoms with Crippen molar-refractivity contribution in [1.29, 1.82) is 0 Å². The summed E-state index contributed by atoms with van der Waals surface area (Å²) in [4.78, 5) is 25.6. The van der Waals surface area contributed by atoms with Crippen molar-refractivity contribution in [3.8, 4) is 0 Å². The molecule has 2 aliphatic rings. The molecule has 2 amide bonds. The van der Waals surface area contributed by atoms with Crippen molar-refractivity contribution in [2.75, 3.05) is 19.8 Å². The lowest BCUT2D eigenvalue weighted by Gasteiger charge is -2.25. The van der Waals surface area contributed by atoms with Gasteiger partial charge in [-0.3, -0.25) is 19.4 Å². The zero-order valence-electron chi connectivity index (χ0n) is 9.04. The first-order chi connectivity index (χ1) is 8.00. The third kappa shape index (κ3) is 2.22. The fraction of sp³-hybridized carbons (Fsp3) is 0.556. The summed E-state index contributed by atoms with van der Waals surface area (Å²) in [5.74, 6) is -0.415. The fourth-order valence-corrected chi connectivity index (χ4v) is 2.27. The van der Waals surface area contributed by atoms with Crippen molar-refractivity contribution in [3.63, 3.8) is 0 Å². The van der Waals surface area contributed by atoms with Gasteiger partial charge in [0.1, 0.15) is 0 Å². The number of thiocarbonyl (C=S) groups is 2. The molecule has 2 heterocycles. The van der Waals surface area contributed by atoms with E-state index in [1.165, 1.54) is 9.80 Å². The van der Waals surface area contributed by atoms with E-state index in [-0.39, 0.29) is 48.0 Å². The lowest BCUT2D eigenvalue weighted by molar-refractivity contribution is -0.129. The number of carbonyl (C=O) groups excluding carboxylic acids is 2. The van der Waals surface area contributed by atoms with E-state index in [0.29, 0.717) is 0 Å². The molecule has 0 aliphatic carbocycles. The molecule has 0 aromatic carbocycles. The number of nitrogens with zero attached hydrogens (tertiary/aromatic N) is 2. The van der Waals surface area contributed by atoms with Gasteiger partial charge in [0.25, 0.3) is 22.2 Å². The van der Waals surface area contributed by atoms with Crippen molar-refractivity contribution < 1.29 is 19.1 Å². The van der Waals surface area contributed by atoms with E-state index < -0.39 is 0 Å². The molecule has 2 rings (SSSR count). The smallest absolute Gasteiger partial charge is 0.268 e. The van der Waals surface area contributed by atoms with Gasteiger partial charge in [-0.2, -0.15) is 0 Å². The van der Waals surface area contributed by atoms with Gasteiger partial charge in [-0.1, -0.05) is 0 Å². The van der Waals surface area contributed by atoms with Gasteiger partial charge >= 0.3 is 0 Å². The summed E-state index contributed by atoms with van der Waals surface area (Å²) in [7, 11) is 0. The lowest BCUT2D eigenvalue weighted by atomic mass is 10.3. The van der Waals surface area contributed by atoms with Crippen molar-refractivity contribution >= 4 is 46.6 Å². The average molecular weight is 274 g/mol. The Bertz CT molecular complexity index is 380. The number of hydrogen-bond donors (Lipinski definition) is 0. The molecule has 0 bridgehead atoms. The molecule has 0 N–H and O–H groups in total. The van der Waals surface area contributed by atoms with Gasteiger partial charge in [0, 0.05) is 0 Å². The van der Waals surface area contributed by atoms with E-state index in [2.05, 4.69) is 0 Å². The highest BCUT2D eigenvalue weighted by molar-refractivity contribution is 7.80. The summed E-state index contributed by atoms with van der Waals surface area (Å²) < 4.78 is 9.89. The van der Waals surface area contributed by atoms with Gasteiger partial charge in [0.2, 0.25) is 0 Å². The first kappa shape index (κ1) is 12.2. The summed E-state index contributed by atoms with van der Waals surface area (Å²) in [6.45, 7) is 1.94. The second kappa shape index (κ2) is 4.53. The van der Waals surface area contributed by atoms with Crippen LogP contribution in [0.2, 0.25) is 0 Å². The van der Waals surface area contributed by atoms with Gasteiger partial charge in [0.05, 0.1) is 12.6 Å². The monoisotopic (exact) mass is 274 g/mol. The zero-order chi connectivity index (χ0) is 12.6. The van der Waals surface area contributed by atoms with Crippen LogP contribution in [-0.4, -0.2) is 57.8 Å². The largest absolute Gasteiger partial charge is 0.460 e. The number of hydrogen-bond acceptors (Lipinski definition) is 6. The van der Waals surface area contributed by atoms with E-state index in [0.717, 1.165) is 0 Å². The van der Waals surface area contributed by atoms with E-state index in [9.17, 15) is 9.59 Å². The first-order valence-electron chi connectivity index (χ1n) is 4.96. The Balaban J connectivity index is 2.03. The average Bonchev–Trinajstić information content (AvgIpc) is 2.75. The minimum Gasteiger partial charge on any atom is -0.460 e. The number of carbonyl (C=O) groups is 2. The molecular formula is C9H10N2O4S2. The lowest BCUT2D eigenvalue weighted by Crippen LogP contribution is -2.46. The Morgan fingerprint density at radius 1 is 1.18 bits per heavy atom. The van der Waals surface area contributed by atoms with Crippen LogP contribution in [0.25, 0.3) is 0 Å². The molecule has 0 radical (unpaired) electrons. The van der Waals surface area contributed by atoms with Crippen molar-refractivity contribution in [3.05, 3.63) is 0 Å². The molecule has 2 fully saturated rings. The van der Waals surface area contributed by atoms with Crippen LogP contribution in [0, 0.1) is 0 Å². The third-order valence-electron chi connectivity index (χ3n) is 2.51. The normalized spacial score (nSPS) is 21.9. The second-order valence-electron chi connectivity index (χ2n) is 3.73. The maximum atomic E-state index is 11.5. The molecule has 1 atom stereocenters. The van der Waals surface area contributed by atoms with Crippen LogP contribution < -0.4 is 0 Å². The summed E-state index contributed by atoms with van der Waals surface area (Å²) >= 11 is 9.79. The van der Waals surface area contributed by atoms with Crippen LogP contribution in [0.4, 0.5) is 0 Å². The maximum absolute atomic E-state index is 11.5. The maximum Gasteiger partial charge on any atom is 0.268 e. The Hall–Kier alpha value is -1.28. The number of amides is 2. The van der Waals surface area contributed by atoms with Crippen LogP contribution in [0.1, 0.15) is 6.92 Å². The summed E-state index contributed by atoms with van der Waals surface area (Å²) in [6.07, 6.45) is 0. The molecule has 0 saturated carbocycles. The van der Waals surface area contributed by atoms with Crippen LogP contribution in [0.15, 0.2) is 0 Å². The van der Waals surface area contributed by atoms with Crippen molar-refractivity contribution in [1.82, 2.24) is 9.80 Å². The Labute approximate surface area is 108 Å². The molecule has 1 unspecified atom stereocenters. The number of ether oxygens (including phenoxy) is 2. The Morgan fingerprint density at radius 3 is 2.24 bits per heavy atom. The van der Waals surface area contributed by atoms with Crippen molar-refractivity contribution in [2.45, 2.75) is 13.0 Å². The highest BCUT2D eigenvalue weighted by Gasteiger charge is 2.36. The topological polar surface area (TPSA) is 59.1 Å². The minimum atomic E-state index is -0.291. The number of rotatable bonds is 3. The van der Waals surface area contributed by atoms with E-state index in [1.807, 2.05) is 0 Å². The second-order valence-corrected chi connectivity index (χ2v) is 4.42. The predicted molar refractivity (Wildman–Crippen MR) is 65.1 cm³/mol. The first-order valence-corrected chi connectivity index (χ1v) is 5.78. The van der Waals surface area contributed by atoms with Crippen molar-refractivity contribution in [2.24, 2.45) is 0 Å². The van der Waals surface area contributed by atoms with Crippen LogP contribution in [-0.2, 0) is 19.1 Å². The van der Waals surface area contributed by atoms with Crippen LogP contribution >= 0.6 is 24.4 Å². The molecule has 6 nitrogen and oxygen atoms in total. The van der Waals surface area contributed by atoms with E-state index in [4.69, 9.17) is 33.9 Å². The summed E-state index contributed by atoms with van der Waals surface area (Å²) in [6, 6.07) is -0.291. The van der Waals surface area contributed by atoms with Crippen LogP contribution in [0.3, 0.4) is 0 Å². The molecule has 2 saturated heterocycles. The molecule has 92 valence electrons. The Morgan fingerprint density at radius 2 is 1.76 bits per heavy atom. The molecular weight excluding hydrogens is 264 g/mol. The van der Waals surface area contributed by atoms with Gasteiger partial charge < -0.3 is 9.47 Å². The fourth-order valence-electron chi connectivity index (χ4n) is 1.69. The standard InChI is InChI=1S/C9H10N2O4S2/c1-5(11-7(13)4-15-9(11)17)2-10-6(12)3-14-8(10)16/h5H,2-4H2,1H3. The molecule has 0 aromatic heterocycles. The van der Waals surface area contributed by atoms with Gasteiger partial charge in [-0.15, -0.1) is 0 Å². The van der Waals surface area contributed by atoms with Crippen LogP contribution in [0.5, 0.6) is 0 Å². The summed E-state index contributed by atoms with van der Waals surface area (Å²) in [5, 5.41) is 0.279. The molecule has 2 aliphatic heterocycles. The Kier molecular flexibility index (Phi) is 3.25. The quantitative estimate of drug-likeness (QED) is 0.656. The van der Waals surface area contributed by atoms with E-state index >= 15 is 0 Å². The highest BCUT2D eigenvalue weighted by atomic mass is 32.1. The molecule has 17 heavy (non-hydrogen) atoms. The molecule has 0 spiro atoms. The minimum absolute atomic E-state index is 0.0412. The van der Waals surface area contributed by atoms with Gasteiger partial charge in [-0.05, 0) is 31.4 Å². The third-order valence-corrected chi connectivity index (χ3v) is 3.17. The highest BCUT2D eigenvalue weighted by Crippen LogP contribution is 2.14. The molecule has 8 heteroatoms. The van der Waals surface area contributed by atoms with Gasteiger partial charge in [-0.25, -0.2) is 0 Å². The summed E-state index contributed by atoms with van der Waals surface area (Å²) in [5.41, 5.74) is 0.